The standard InChI is InChI=1S/C8H8N4O2/c1-5(13)7-11-8(14-12-7)6-2-3-9-10-4-6/h2-5,13H,1H3. The van der Waals surface area contributed by atoms with Crippen LogP contribution in [0.1, 0.15) is 18.9 Å². The fourth-order valence-electron chi connectivity index (χ4n) is 0.939. The molecule has 0 aliphatic carbocycles. The molecule has 0 fully saturated rings. The van der Waals surface area contributed by atoms with Crippen molar-refractivity contribution < 1.29 is 9.63 Å². The summed E-state index contributed by atoms with van der Waals surface area (Å²) in [5, 5.41) is 20.1. The van der Waals surface area contributed by atoms with Crippen LogP contribution in [-0.4, -0.2) is 25.4 Å². The van der Waals surface area contributed by atoms with Crippen LogP contribution in [0.3, 0.4) is 0 Å². The normalized spacial score (nSPS) is 12.7. The molecule has 0 spiro atoms. The van der Waals surface area contributed by atoms with Gasteiger partial charge in [-0.1, -0.05) is 5.16 Å². The zero-order chi connectivity index (χ0) is 9.97. The predicted molar refractivity (Wildman–Crippen MR) is 46.0 cm³/mol. The van der Waals surface area contributed by atoms with E-state index in [2.05, 4.69) is 20.3 Å². The Labute approximate surface area is 79.6 Å². The highest BCUT2D eigenvalue weighted by molar-refractivity contribution is 5.49. The third-order valence-electron chi connectivity index (χ3n) is 1.65. The molecule has 6 heteroatoms. The first kappa shape index (κ1) is 8.76. The molecule has 6 nitrogen and oxygen atoms in total. The van der Waals surface area contributed by atoms with Gasteiger partial charge in [0, 0.05) is 0 Å². The van der Waals surface area contributed by atoms with E-state index >= 15 is 0 Å². The molecule has 1 atom stereocenters. The highest BCUT2D eigenvalue weighted by atomic mass is 16.5. The maximum atomic E-state index is 9.17. The first-order chi connectivity index (χ1) is 6.77. The Bertz CT molecular complexity index is 412. The average molecular weight is 192 g/mol. The summed E-state index contributed by atoms with van der Waals surface area (Å²) in [6.07, 6.45) is 2.31. The Balaban J connectivity index is 2.34. The second-order valence-electron chi connectivity index (χ2n) is 2.76. The molecule has 2 aromatic heterocycles. The molecule has 2 heterocycles. The van der Waals surface area contributed by atoms with E-state index in [0.717, 1.165) is 0 Å². The molecule has 2 rings (SSSR count). The lowest BCUT2D eigenvalue weighted by atomic mass is 10.3. The molecule has 0 saturated carbocycles. The summed E-state index contributed by atoms with van der Waals surface area (Å²) in [5.74, 6) is 0.590. The van der Waals surface area contributed by atoms with Gasteiger partial charge in [-0.25, -0.2) is 0 Å². The van der Waals surface area contributed by atoms with E-state index in [1.165, 1.54) is 12.4 Å². The molecule has 0 aromatic carbocycles. The Kier molecular flexibility index (Phi) is 2.19. The molecule has 0 radical (unpaired) electrons. The van der Waals surface area contributed by atoms with Gasteiger partial charge in [-0.2, -0.15) is 15.2 Å². The van der Waals surface area contributed by atoms with Crippen molar-refractivity contribution in [2.24, 2.45) is 0 Å². The minimum absolute atomic E-state index is 0.261. The first-order valence-electron chi connectivity index (χ1n) is 4.06. The van der Waals surface area contributed by atoms with E-state index in [0.29, 0.717) is 11.5 Å². The van der Waals surface area contributed by atoms with E-state index in [-0.39, 0.29) is 5.82 Å². The van der Waals surface area contributed by atoms with Gasteiger partial charge in [0.25, 0.3) is 5.89 Å². The Morgan fingerprint density at radius 2 is 2.29 bits per heavy atom. The van der Waals surface area contributed by atoms with Crippen LogP contribution in [0.15, 0.2) is 23.0 Å². The minimum atomic E-state index is -0.734. The molecule has 0 amide bonds. The largest absolute Gasteiger partial charge is 0.385 e. The van der Waals surface area contributed by atoms with Crippen LogP contribution in [-0.2, 0) is 0 Å². The fraction of sp³-hybridized carbons (Fsp3) is 0.250. The summed E-state index contributed by atoms with van der Waals surface area (Å²) >= 11 is 0. The van der Waals surface area contributed by atoms with Gasteiger partial charge in [-0.15, -0.1) is 0 Å². The Hall–Kier alpha value is -1.82. The molecule has 1 unspecified atom stereocenters. The summed E-state index contributed by atoms with van der Waals surface area (Å²) in [4.78, 5) is 3.98. The maximum Gasteiger partial charge on any atom is 0.259 e. The first-order valence-corrected chi connectivity index (χ1v) is 4.06. The van der Waals surface area contributed by atoms with Gasteiger partial charge in [0.15, 0.2) is 5.82 Å². The number of rotatable bonds is 2. The van der Waals surface area contributed by atoms with Crippen molar-refractivity contribution in [2.45, 2.75) is 13.0 Å². The van der Waals surface area contributed by atoms with Crippen molar-refractivity contribution >= 4 is 0 Å². The van der Waals surface area contributed by atoms with Gasteiger partial charge in [-0.3, -0.25) is 0 Å². The summed E-state index contributed by atoms with van der Waals surface area (Å²) in [6, 6.07) is 1.70. The lowest BCUT2D eigenvalue weighted by Crippen LogP contribution is -1.93. The van der Waals surface area contributed by atoms with Crippen LogP contribution >= 0.6 is 0 Å². The van der Waals surface area contributed by atoms with Gasteiger partial charge in [-0.05, 0) is 13.0 Å². The highest BCUT2D eigenvalue weighted by Crippen LogP contribution is 2.16. The minimum Gasteiger partial charge on any atom is -0.385 e. The van der Waals surface area contributed by atoms with E-state index < -0.39 is 6.10 Å². The monoisotopic (exact) mass is 192 g/mol. The molecule has 2 aromatic rings. The molecule has 0 saturated heterocycles. The van der Waals surface area contributed by atoms with Crippen molar-refractivity contribution in [3.8, 4) is 11.5 Å². The van der Waals surface area contributed by atoms with Crippen LogP contribution in [0.4, 0.5) is 0 Å². The van der Waals surface area contributed by atoms with Crippen molar-refractivity contribution in [2.75, 3.05) is 0 Å². The summed E-state index contributed by atoms with van der Waals surface area (Å²) in [5.41, 5.74) is 0.680. The number of hydrogen-bond acceptors (Lipinski definition) is 6. The molecular formula is C8H8N4O2. The van der Waals surface area contributed by atoms with E-state index in [9.17, 15) is 5.11 Å². The van der Waals surface area contributed by atoms with Crippen molar-refractivity contribution in [1.82, 2.24) is 20.3 Å². The topological polar surface area (TPSA) is 84.9 Å². The number of aromatic nitrogens is 4. The second-order valence-corrected chi connectivity index (χ2v) is 2.76. The van der Waals surface area contributed by atoms with Crippen molar-refractivity contribution in [1.29, 1.82) is 0 Å². The zero-order valence-electron chi connectivity index (χ0n) is 7.45. The van der Waals surface area contributed by atoms with Crippen LogP contribution in [0.25, 0.3) is 11.5 Å². The van der Waals surface area contributed by atoms with Gasteiger partial charge in [0.05, 0.1) is 18.0 Å². The molecular weight excluding hydrogens is 184 g/mol. The molecule has 72 valence electrons. The quantitative estimate of drug-likeness (QED) is 0.749. The molecule has 14 heavy (non-hydrogen) atoms. The highest BCUT2D eigenvalue weighted by Gasteiger charge is 2.12. The predicted octanol–water partition coefficient (Wildman–Crippen LogP) is 0.580. The molecule has 0 aliphatic heterocycles. The third-order valence-corrected chi connectivity index (χ3v) is 1.65. The van der Waals surface area contributed by atoms with Crippen LogP contribution in [0, 0.1) is 0 Å². The van der Waals surface area contributed by atoms with Crippen LogP contribution < -0.4 is 0 Å². The van der Waals surface area contributed by atoms with Crippen LogP contribution in [0.5, 0.6) is 0 Å². The van der Waals surface area contributed by atoms with Gasteiger partial charge in [0.1, 0.15) is 6.10 Å². The van der Waals surface area contributed by atoms with Gasteiger partial charge < -0.3 is 9.63 Å². The maximum absolute atomic E-state index is 9.17. The molecule has 0 aliphatic rings. The van der Waals surface area contributed by atoms with Gasteiger partial charge >= 0.3 is 0 Å². The summed E-state index contributed by atoms with van der Waals surface area (Å²) in [7, 11) is 0. The number of nitrogens with zero attached hydrogens (tertiary/aromatic N) is 4. The van der Waals surface area contributed by atoms with Crippen LogP contribution in [0.2, 0.25) is 0 Å². The number of hydrogen-bond donors (Lipinski definition) is 1. The second kappa shape index (κ2) is 3.51. The fourth-order valence-corrected chi connectivity index (χ4v) is 0.939. The Morgan fingerprint density at radius 1 is 1.43 bits per heavy atom. The smallest absolute Gasteiger partial charge is 0.259 e. The van der Waals surface area contributed by atoms with E-state index in [1.807, 2.05) is 0 Å². The van der Waals surface area contributed by atoms with E-state index in [4.69, 9.17) is 4.52 Å². The van der Waals surface area contributed by atoms with Crippen molar-refractivity contribution in [3.63, 3.8) is 0 Å². The SMILES string of the molecule is CC(O)c1noc(-c2ccnnc2)n1. The van der Waals surface area contributed by atoms with Crippen molar-refractivity contribution in [3.05, 3.63) is 24.3 Å². The average Bonchev–Trinajstić information content (AvgIpc) is 2.68. The number of aliphatic hydroxyl groups excluding tert-OH is 1. The number of aliphatic hydroxyl groups is 1. The molecule has 0 bridgehead atoms. The summed E-state index contributed by atoms with van der Waals surface area (Å²) < 4.78 is 4.92. The Morgan fingerprint density at radius 3 is 2.86 bits per heavy atom. The lowest BCUT2D eigenvalue weighted by molar-refractivity contribution is 0.184. The lowest BCUT2D eigenvalue weighted by Gasteiger charge is -1.92. The third kappa shape index (κ3) is 1.60. The summed E-state index contributed by atoms with van der Waals surface area (Å²) in [6.45, 7) is 1.57. The molecule has 1 N–H and O–H groups in total. The van der Waals surface area contributed by atoms with E-state index in [1.54, 1.807) is 13.0 Å². The van der Waals surface area contributed by atoms with Gasteiger partial charge in [0.2, 0.25) is 0 Å². The zero-order valence-corrected chi connectivity index (χ0v) is 7.45.